The molecule has 0 spiro atoms. The standard InChI is InChI=1S/C10H7ClF2O/c1-6-4-10(13)7(5-9(6)12)8(11)2-3-14/h2-5H,1H3/b8-2-. The van der Waals surface area contributed by atoms with E-state index >= 15 is 0 Å². The Morgan fingerprint density at radius 3 is 2.57 bits per heavy atom. The summed E-state index contributed by atoms with van der Waals surface area (Å²) in [7, 11) is 0. The zero-order chi connectivity index (χ0) is 10.7. The Bertz CT molecular complexity index is 399. The molecule has 1 rings (SSSR count). The summed E-state index contributed by atoms with van der Waals surface area (Å²) < 4.78 is 26.2. The molecule has 1 aromatic carbocycles. The number of halogens is 3. The van der Waals surface area contributed by atoms with Gasteiger partial charge in [-0.3, -0.25) is 4.79 Å². The Balaban J connectivity index is 3.29. The summed E-state index contributed by atoms with van der Waals surface area (Å²) in [6.07, 6.45) is 1.38. The number of benzene rings is 1. The Kier molecular flexibility index (Phi) is 3.36. The molecular formula is C10H7ClF2O. The third-order valence-corrected chi connectivity index (χ3v) is 2.05. The summed E-state index contributed by atoms with van der Waals surface area (Å²) in [5, 5.41) is -0.114. The zero-order valence-electron chi connectivity index (χ0n) is 7.35. The highest BCUT2D eigenvalue weighted by Gasteiger charge is 2.09. The lowest BCUT2D eigenvalue weighted by atomic mass is 10.1. The molecule has 0 saturated carbocycles. The Labute approximate surface area is 85.0 Å². The van der Waals surface area contributed by atoms with Crippen molar-refractivity contribution in [1.82, 2.24) is 0 Å². The maximum atomic E-state index is 13.2. The second kappa shape index (κ2) is 4.33. The summed E-state index contributed by atoms with van der Waals surface area (Å²) in [6.45, 7) is 1.44. The number of carbonyl (C=O) groups excluding carboxylic acids is 1. The molecule has 0 unspecified atom stereocenters. The third kappa shape index (κ3) is 2.17. The molecule has 1 nitrogen and oxygen atoms in total. The highest BCUT2D eigenvalue weighted by atomic mass is 35.5. The first kappa shape index (κ1) is 10.9. The monoisotopic (exact) mass is 216 g/mol. The van der Waals surface area contributed by atoms with Gasteiger partial charge in [0.2, 0.25) is 0 Å². The van der Waals surface area contributed by atoms with Gasteiger partial charge in [0.1, 0.15) is 17.9 Å². The van der Waals surface area contributed by atoms with Crippen LogP contribution in [-0.4, -0.2) is 6.29 Å². The van der Waals surface area contributed by atoms with Gasteiger partial charge in [0.15, 0.2) is 0 Å². The van der Waals surface area contributed by atoms with Gasteiger partial charge >= 0.3 is 0 Å². The molecule has 0 radical (unpaired) electrons. The second-order valence-corrected chi connectivity index (χ2v) is 3.14. The number of hydrogen-bond donors (Lipinski definition) is 0. The van der Waals surface area contributed by atoms with E-state index in [0.29, 0.717) is 6.29 Å². The van der Waals surface area contributed by atoms with E-state index in [1.54, 1.807) is 0 Å². The van der Waals surface area contributed by atoms with Crippen LogP contribution in [0.2, 0.25) is 0 Å². The van der Waals surface area contributed by atoms with E-state index in [9.17, 15) is 13.6 Å². The fourth-order valence-corrected chi connectivity index (χ4v) is 1.18. The first-order valence-corrected chi connectivity index (χ1v) is 4.21. The molecule has 0 heterocycles. The average Bonchev–Trinajstić information content (AvgIpc) is 2.11. The van der Waals surface area contributed by atoms with E-state index in [1.165, 1.54) is 6.92 Å². The van der Waals surface area contributed by atoms with Crippen molar-refractivity contribution >= 4 is 22.9 Å². The highest BCUT2D eigenvalue weighted by Crippen LogP contribution is 2.24. The SMILES string of the molecule is Cc1cc(F)c(/C(Cl)=C/C=O)cc1F. The van der Waals surface area contributed by atoms with Gasteiger partial charge in [0, 0.05) is 5.56 Å². The van der Waals surface area contributed by atoms with Gasteiger partial charge in [-0.1, -0.05) is 11.6 Å². The van der Waals surface area contributed by atoms with Crippen molar-refractivity contribution in [3.8, 4) is 0 Å². The number of rotatable bonds is 2. The lowest BCUT2D eigenvalue weighted by Gasteiger charge is -2.03. The Hall–Kier alpha value is -1.22. The smallest absolute Gasteiger partial charge is 0.144 e. The fourth-order valence-electron chi connectivity index (χ4n) is 0.979. The highest BCUT2D eigenvalue weighted by molar-refractivity contribution is 6.49. The minimum atomic E-state index is -0.646. The molecule has 4 heteroatoms. The first-order chi connectivity index (χ1) is 6.56. The molecule has 0 aliphatic heterocycles. The van der Waals surface area contributed by atoms with Gasteiger partial charge in [0.25, 0.3) is 0 Å². The molecule has 1 aromatic rings. The van der Waals surface area contributed by atoms with Crippen LogP contribution < -0.4 is 0 Å². The van der Waals surface area contributed by atoms with Crippen molar-refractivity contribution < 1.29 is 13.6 Å². The lowest BCUT2D eigenvalue weighted by molar-refractivity contribution is -0.104. The molecule has 0 aliphatic carbocycles. The van der Waals surface area contributed by atoms with Gasteiger partial charge < -0.3 is 0 Å². The molecular weight excluding hydrogens is 210 g/mol. The Morgan fingerprint density at radius 2 is 2.00 bits per heavy atom. The van der Waals surface area contributed by atoms with E-state index < -0.39 is 11.6 Å². The predicted molar refractivity (Wildman–Crippen MR) is 51.0 cm³/mol. The van der Waals surface area contributed by atoms with Gasteiger partial charge in [-0.2, -0.15) is 0 Å². The van der Waals surface area contributed by atoms with Crippen LogP contribution in [0.25, 0.3) is 5.03 Å². The molecule has 0 N–H and O–H groups in total. The number of aryl methyl sites for hydroxylation is 1. The van der Waals surface area contributed by atoms with E-state index in [-0.39, 0.29) is 16.2 Å². The number of hydrogen-bond acceptors (Lipinski definition) is 1. The molecule has 0 saturated heterocycles. The van der Waals surface area contributed by atoms with Crippen molar-refractivity contribution in [3.05, 3.63) is 41.0 Å². The lowest BCUT2D eigenvalue weighted by Crippen LogP contribution is -1.91. The molecule has 0 bridgehead atoms. The zero-order valence-corrected chi connectivity index (χ0v) is 8.11. The maximum absolute atomic E-state index is 13.2. The molecule has 14 heavy (non-hydrogen) atoms. The van der Waals surface area contributed by atoms with E-state index in [2.05, 4.69) is 0 Å². The quantitative estimate of drug-likeness (QED) is 0.549. The predicted octanol–water partition coefficient (Wildman–Crippen LogP) is 3.05. The summed E-state index contributed by atoms with van der Waals surface area (Å²) in [5.74, 6) is -1.20. The van der Waals surface area contributed by atoms with Crippen molar-refractivity contribution in [3.63, 3.8) is 0 Å². The molecule has 0 aliphatic rings. The van der Waals surface area contributed by atoms with Gasteiger partial charge in [-0.05, 0) is 30.7 Å². The van der Waals surface area contributed by atoms with Crippen molar-refractivity contribution in [2.75, 3.05) is 0 Å². The largest absolute Gasteiger partial charge is 0.299 e. The number of allylic oxidation sites excluding steroid dienone is 1. The van der Waals surface area contributed by atoms with Crippen molar-refractivity contribution in [2.24, 2.45) is 0 Å². The summed E-state index contributed by atoms with van der Waals surface area (Å²) >= 11 is 5.56. The van der Waals surface area contributed by atoms with Gasteiger partial charge in [-0.15, -0.1) is 0 Å². The minimum absolute atomic E-state index is 0.109. The van der Waals surface area contributed by atoms with Crippen LogP contribution in [0.4, 0.5) is 8.78 Å². The second-order valence-electron chi connectivity index (χ2n) is 2.73. The van der Waals surface area contributed by atoms with Gasteiger partial charge in [0.05, 0.1) is 5.03 Å². The van der Waals surface area contributed by atoms with Crippen LogP contribution in [0.5, 0.6) is 0 Å². The number of carbonyl (C=O) groups is 1. The van der Waals surface area contributed by atoms with E-state index in [1.807, 2.05) is 0 Å². The Morgan fingerprint density at radius 1 is 1.36 bits per heavy atom. The van der Waals surface area contributed by atoms with Crippen LogP contribution >= 0.6 is 11.6 Å². The molecule has 74 valence electrons. The van der Waals surface area contributed by atoms with E-state index in [4.69, 9.17) is 11.6 Å². The first-order valence-electron chi connectivity index (χ1n) is 3.83. The molecule has 0 aromatic heterocycles. The van der Waals surface area contributed by atoms with Crippen LogP contribution in [0.15, 0.2) is 18.2 Å². The summed E-state index contributed by atoms with van der Waals surface area (Å²) in [4.78, 5) is 10.1. The van der Waals surface area contributed by atoms with E-state index in [0.717, 1.165) is 18.2 Å². The fraction of sp³-hybridized carbons (Fsp3) is 0.100. The normalized spacial score (nSPS) is 11.6. The average molecular weight is 217 g/mol. The minimum Gasteiger partial charge on any atom is -0.299 e. The van der Waals surface area contributed by atoms with Gasteiger partial charge in [-0.25, -0.2) is 8.78 Å². The van der Waals surface area contributed by atoms with Crippen LogP contribution in [0, 0.1) is 18.6 Å². The van der Waals surface area contributed by atoms with Crippen molar-refractivity contribution in [2.45, 2.75) is 6.92 Å². The molecule has 0 fully saturated rings. The molecule has 0 atom stereocenters. The van der Waals surface area contributed by atoms with Crippen molar-refractivity contribution in [1.29, 1.82) is 0 Å². The molecule has 0 amide bonds. The van der Waals surface area contributed by atoms with Crippen LogP contribution in [-0.2, 0) is 4.79 Å². The number of aldehydes is 1. The van der Waals surface area contributed by atoms with Crippen LogP contribution in [0.1, 0.15) is 11.1 Å². The third-order valence-electron chi connectivity index (χ3n) is 1.72. The summed E-state index contributed by atoms with van der Waals surface area (Å²) in [5.41, 5.74) is 0.0867. The summed E-state index contributed by atoms with van der Waals surface area (Å²) in [6, 6.07) is 2.00. The van der Waals surface area contributed by atoms with Crippen LogP contribution in [0.3, 0.4) is 0 Å². The topological polar surface area (TPSA) is 17.1 Å². The maximum Gasteiger partial charge on any atom is 0.144 e.